The van der Waals surface area contributed by atoms with Gasteiger partial charge in [-0.1, -0.05) is 24.3 Å². The summed E-state index contributed by atoms with van der Waals surface area (Å²) in [6, 6.07) is 10.0. The smallest absolute Gasteiger partial charge is 0.225 e. The Morgan fingerprint density at radius 2 is 2.12 bits per heavy atom. The molecule has 1 aliphatic rings. The third-order valence-corrected chi connectivity index (χ3v) is 5.39. The molecule has 1 N–H and O–H groups in total. The fourth-order valence-electron chi connectivity index (χ4n) is 3.12. The molecule has 2 heterocycles. The van der Waals surface area contributed by atoms with Crippen LogP contribution in [0, 0.1) is 11.7 Å². The van der Waals surface area contributed by atoms with Gasteiger partial charge in [-0.25, -0.2) is 4.39 Å². The maximum absolute atomic E-state index is 13.7. The van der Waals surface area contributed by atoms with Crippen molar-refractivity contribution < 1.29 is 14.0 Å². The summed E-state index contributed by atoms with van der Waals surface area (Å²) < 4.78 is 13.7. The Labute approximate surface area is 144 Å². The summed E-state index contributed by atoms with van der Waals surface area (Å²) in [5, 5.41) is 4.77. The van der Waals surface area contributed by atoms with Crippen LogP contribution in [0.3, 0.4) is 0 Å². The van der Waals surface area contributed by atoms with Crippen molar-refractivity contribution in [2.75, 3.05) is 7.05 Å². The van der Waals surface area contributed by atoms with Crippen molar-refractivity contribution in [2.45, 2.75) is 25.4 Å². The Morgan fingerprint density at radius 1 is 1.33 bits per heavy atom. The summed E-state index contributed by atoms with van der Waals surface area (Å²) >= 11 is 1.54. The summed E-state index contributed by atoms with van der Waals surface area (Å²) in [5.41, 5.74) is 0.457. The first kappa shape index (κ1) is 16.6. The number of carbonyl (C=O) groups excluding carboxylic acids is 2. The number of likely N-dealkylation sites (tertiary alicyclic amines) is 1. The van der Waals surface area contributed by atoms with E-state index < -0.39 is 0 Å². The Bertz CT molecular complexity index is 732. The van der Waals surface area contributed by atoms with Crippen molar-refractivity contribution in [3.05, 3.63) is 58.0 Å². The minimum Gasteiger partial charge on any atom is -0.352 e. The summed E-state index contributed by atoms with van der Waals surface area (Å²) in [5.74, 6) is -0.746. The Balaban J connectivity index is 1.74. The number of piperidine rings is 1. The molecule has 1 aliphatic heterocycles. The van der Waals surface area contributed by atoms with Crippen LogP contribution in [0.25, 0.3) is 0 Å². The quantitative estimate of drug-likeness (QED) is 0.925. The summed E-state index contributed by atoms with van der Waals surface area (Å²) in [7, 11) is 1.74. The van der Waals surface area contributed by atoms with Gasteiger partial charge in [-0.2, -0.15) is 0 Å². The number of amides is 2. The zero-order chi connectivity index (χ0) is 17.1. The first-order valence-electron chi connectivity index (χ1n) is 7.88. The van der Waals surface area contributed by atoms with E-state index in [1.54, 1.807) is 30.1 Å². The normalized spacial score (nSPS) is 20.9. The van der Waals surface area contributed by atoms with Crippen molar-refractivity contribution in [3.8, 4) is 0 Å². The first-order valence-corrected chi connectivity index (χ1v) is 8.76. The number of thiophene rings is 1. The van der Waals surface area contributed by atoms with Gasteiger partial charge in [0.15, 0.2) is 0 Å². The number of hydrogen-bond acceptors (Lipinski definition) is 3. The molecule has 2 atom stereocenters. The number of halogens is 1. The Hall–Kier alpha value is -2.21. The molecule has 2 aromatic rings. The van der Waals surface area contributed by atoms with Gasteiger partial charge in [-0.15, -0.1) is 11.3 Å². The summed E-state index contributed by atoms with van der Waals surface area (Å²) in [4.78, 5) is 27.4. The number of carbonyl (C=O) groups is 2. The highest BCUT2D eigenvalue weighted by molar-refractivity contribution is 7.10. The lowest BCUT2D eigenvalue weighted by Crippen LogP contribution is -2.46. The third kappa shape index (κ3) is 3.33. The zero-order valence-electron chi connectivity index (χ0n) is 13.4. The maximum atomic E-state index is 13.7. The molecule has 0 bridgehead atoms. The minimum atomic E-state index is -0.330. The second kappa shape index (κ2) is 7.13. The van der Waals surface area contributed by atoms with Crippen LogP contribution in [0.15, 0.2) is 41.8 Å². The van der Waals surface area contributed by atoms with Gasteiger partial charge in [-0.3, -0.25) is 9.59 Å². The van der Waals surface area contributed by atoms with E-state index >= 15 is 0 Å². The van der Waals surface area contributed by atoms with Gasteiger partial charge in [-0.05, 0) is 23.9 Å². The van der Waals surface area contributed by atoms with Gasteiger partial charge in [0.25, 0.3) is 0 Å². The number of rotatable bonds is 4. The predicted molar refractivity (Wildman–Crippen MR) is 90.8 cm³/mol. The average Bonchev–Trinajstić information content (AvgIpc) is 3.10. The molecule has 0 unspecified atom stereocenters. The van der Waals surface area contributed by atoms with Crippen LogP contribution in [0.4, 0.5) is 4.39 Å². The molecule has 0 radical (unpaired) electrons. The van der Waals surface area contributed by atoms with E-state index in [1.807, 2.05) is 17.5 Å². The lowest BCUT2D eigenvalue weighted by molar-refractivity contribution is -0.141. The van der Waals surface area contributed by atoms with Gasteiger partial charge in [0.05, 0.1) is 12.0 Å². The van der Waals surface area contributed by atoms with Crippen LogP contribution in [0.1, 0.15) is 29.3 Å². The van der Waals surface area contributed by atoms with Crippen LogP contribution >= 0.6 is 11.3 Å². The molecule has 1 aromatic carbocycles. The largest absolute Gasteiger partial charge is 0.352 e. The van der Waals surface area contributed by atoms with Crippen LogP contribution in [0.5, 0.6) is 0 Å². The standard InChI is InChI=1S/C18H19FN2O2S/c1-21-16(22)9-8-13(17(21)15-7-4-10-24-15)18(23)20-11-12-5-2-3-6-14(12)19/h2-7,10,13,17H,8-9,11H2,1H3,(H,20,23)/t13-,17+/m0/s1. The first-order chi connectivity index (χ1) is 11.6. The van der Waals surface area contributed by atoms with E-state index in [9.17, 15) is 14.0 Å². The van der Waals surface area contributed by atoms with Crippen LogP contribution < -0.4 is 5.32 Å². The van der Waals surface area contributed by atoms with Gasteiger partial charge >= 0.3 is 0 Å². The molecular formula is C18H19FN2O2S. The van der Waals surface area contributed by atoms with E-state index in [2.05, 4.69) is 5.32 Å². The van der Waals surface area contributed by atoms with Gasteiger partial charge in [0.1, 0.15) is 5.82 Å². The minimum absolute atomic E-state index is 0.0477. The number of hydrogen-bond donors (Lipinski definition) is 1. The molecule has 6 heteroatoms. The number of nitrogens with one attached hydrogen (secondary N) is 1. The monoisotopic (exact) mass is 346 g/mol. The Kier molecular flexibility index (Phi) is 4.94. The van der Waals surface area contributed by atoms with Crippen molar-refractivity contribution in [3.63, 3.8) is 0 Å². The van der Waals surface area contributed by atoms with Crippen molar-refractivity contribution in [1.82, 2.24) is 10.2 Å². The predicted octanol–water partition coefficient (Wildman–Crippen LogP) is 3.11. The molecule has 0 spiro atoms. The third-order valence-electron chi connectivity index (χ3n) is 4.44. The highest BCUT2D eigenvalue weighted by Gasteiger charge is 2.39. The van der Waals surface area contributed by atoms with E-state index in [4.69, 9.17) is 0 Å². The number of nitrogens with zero attached hydrogens (tertiary/aromatic N) is 1. The number of benzene rings is 1. The fraction of sp³-hybridized carbons (Fsp3) is 0.333. The SMILES string of the molecule is CN1C(=O)CC[C@H](C(=O)NCc2ccccc2F)[C@@H]1c1cccs1. The lowest BCUT2D eigenvalue weighted by Gasteiger charge is -2.37. The molecule has 1 aromatic heterocycles. The molecule has 0 aliphatic carbocycles. The maximum Gasteiger partial charge on any atom is 0.225 e. The highest BCUT2D eigenvalue weighted by atomic mass is 32.1. The van der Waals surface area contributed by atoms with E-state index in [1.165, 1.54) is 17.4 Å². The van der Waals surface area contributed by atoms with E-state index in [-0.39, 0.29) is 36.1 Å². The van der Waals surface area contributed by atoms with Crippen LogP contribution in [-0.4, -0.2) is 23.8 Å². The van der Waals surface area contributed by atoms with Gasteiger partial charge in [0.2, 0.25) is 11.8 Å². The van der Waals surface area contributed by atoms with Crippen molar-refractivity contribution in [2.24, 2.45) is 5.92 Å². The van der Waals surface area contributed by atoms with Gasteiger partial charge < -0.3 is 10.2 Å². The highest BCUT2D eigenvalue weighted by Crippen LogP contribution is 2.37. The van der Waals surface area contributed by atoms with E-state index in [0.29, 0.717) is 18.4 Å². The Morgan fingerprint density at radius 3 is 2.83 bits per heavy atom. The van der Waals surface area contributed by atoms with Crippen LogP contribution in [0.2, 0.25) is 0 Å². The summed E-state index contributed by atoms with van der Waals surface area (Å²) in [6.07, 6.45) is 0.866. The molecular weight excluding hydrogens is 327 g/mol. The van der Waals surface area contributed by atoms with Crippen molar-refractivity contribution >= 4 is 23.2 Å². The molecule has 1 fully saturated rings. The molecule has 0 saturated carbocycles. The van der Waals surface area contributed by atoms with Crippen LogP contribution in [-0.2, 0) is 16.1 Å². The van der Waals surface area contributed by atoms with E-state index in [0.717, 1.165) is 4.88 Å². The van der Waals surface area contributed by atoms with Gasteiger partial charge in [0, 0.05) is 30.5 Å². The molecule has 24 heavy (non-hydrogen) atoms. The average molecular weight is 346 g/mol. The lowest BCUT2D eigenvalue weighted by atomic mass is 9.87. The summed E-state index contributed by atoms with van der Waals surface area (Å²) in [6.45, 7) is 0.150. The topological polar surface area (TPSA) is 49.4 Å². The molecule has 126 valence electrons. The molecule has 3 rings (SSSR count). The molecule has 2 amide bonds. The molecule has 1 saturated heterocycles. The second-order valence-corrected chi connectivity index (χ2v) is 6.90. The fourth-order valence-corrected chi connectivity index (χ4v) is 4.05. The molecule has 4 nitrogen and oxygen atoms in total. The second-order valence-electron chi connectivity index (χ2n) is 5.92. The zero-order valence-corrected chi connectivity index (χ0v) is 14.2. The van der Waals surface area contributed by atoms with Crippen molar-refractivity contribution in [1.29, 1.82) is 0 Å².